The number of aromatic carboxylic acids is 1. The van der Waals surface area contributed by atoms with Crippen LogP contribution in [0.4, 0.5) is 5.69 Å². The smallest absolute Gasteiger partial charge is 0.335 e. The van der Waals surface area contributed by atoms with E-state index in [9.17, 15) is 4.79 Å². The zero-order valence-electron chi connectivity index (χ0n) is 10.1. The van der Waals surface area contributed by atoms with Crippen LogP contribution in [0.5, 0.6) is 0 Å². The third kappa shape index (κ3) is 2.57. The molecule has 1 saturated heterocycles. The summed E-state index contributed by atoms with van der Waals surface area (Å²) < 4.78 is 0. The number of carboxylic acids is 1. The average molecular weight is 251 g/mol. The summed E-state index contributed by atoms with van der Waals surface area (Å²) in [6.07, 6.45) is 0. The normalized spacial score (nSPS) is 20.4. The lowest BCUT2D eigenvalue weighted by Gasteiger charge is -2.36. The second-order valence-electron chi connectivity index (χ2n) is 4.42. The monoisotopic (exact) mass is 251 g/mol. The number of aryl methyl sites for hydroxylation is 1. The van der Waals surface area contributed by atoms with Crippen LogP contribution in [0.25, 0.3) is 0 Å². The number of carboxylic acid groups (broad SMARTS) is 1. The Balaban J connectivity index is 2.29. The Morgan fingerprint density at radius 1 is 1.53 bits per heavy atom. The Morgan fingerprint density at radius 2 is 2.29 bits per heavy atom. The van der Waals surface area contributed by atoms with Crippen molar-refractivity contribution in [1.82, 2.24) is 0 Å². The molecule has 92 valence electrons. The minimum absolute atomic E-state index is 0.366. The third-order valence-corrected chi connectivity index (χ3v) is 4.31. The molecule has 0 aliphatic carbocycles. The second-order valence-corrected chi connectivity index (χ2v) is 5.57. The van der Waals surface area contributed by atoms with Crippen molar-refractivity contribution in [3.63, 3.8) is 0 Å². The van der Waals surface area contributed by atoms with Crippen molar-refractivity contribution in [2.75, 3.05) is 23.0 Å². The molecule has 1 unspecified atom stereocenters. The molecule has 0 saturated carbocycles. The van der Waals surface area contributed by atoms with Gasteiger partial charge < -0.3 is 10.0 Å². The molecule has 0 radical (unpaired) electrons. The minimum atomic E-state index is -0.859. The molecule has 1 fully saturated rings. The highest BCUT2D eigenvalue weighted by Crippen LogP contribution is 2.27. The number of hydrogen-bond donors (Lipinski definition) is 1. The van der Waals surface area contributed by atoms with Gasteiger partial charge in [0.1, 0.15) is 0 Å². The maximum Gasteiger partial charge on any atom is 0.335 e. The molecule has 1 atom stereocenters. The van der Waals surface area contributed by atoms with Gasteiger partial charge in [0.25, 0.3) is 0 Å². The molecule has 1 aromatic carbocycles. The molecule has 17 heavy (non-hydrogen) atoms. The van der Waals surface area contributed by atoms with Gasteiger partial charge in [0.2, 0.25) is 0 Å². The van der Waals surface area contributed by atoms with Crippen LogP contribution in [-0.2, 0) is 0 Å². The number of rotatable bonds is 2. The van der Waals surface area contributed by atoms with Crippen molar-refractivity contribution in [3.05, 3.63) is 29.3 Å². The van der Waals surface area contributed by atoms with Gasteiger partial charge in [-0.05, 0) is 37.6 Å². The van der Waals surface area contributed by atoms with Crippen molar-refractivity contribution in [2.24, 2.45) is 0 Å². The molecule has 1 heterocycles. The Kier molecular flexibility index (Phi) is 3.62. The summed E-state index contributed by atoms with van der Waals surface area (Å²) in [5, 5.41) is 8.95. The van der Waals surface area contributed by atoms with Crippen molar-refractivity contribution in [1.29, 1.82) is 0 Å². The summed E-state index contributed by atoms with van der Waals surface area (Å²) in [5.41, 5.74) is 2.58. The third-order valence-electron chi connectivity index (χ3n) is 3.12. The number of anilines is 1. The van der Waals surface area contributed by atoms with Gasteiger partial charge in [-0.25, -0.2) is 4.79 Å². The zero-order chi connectivity index (χ0) is 12.4. The van der Waals surface area contributed by atoms with Gasteiger partial charge in [0.15, 0.2) is 0 Å². The summed E-state index contributed by atoms with van der Waals surface area (Å²) in [5.74, 6) is 1.42. The van der Waals surface area contributed by atoms with Crippen LogP contribution in [0.3, 0.4) is 0 Å². The molecular weight excluding hydrogens is 234 g/mol. The fraction of sp³-hybridized carbons (Fsp3) is 0.462. The number of benzene rings is 1. The first-order chi connectivity index (χ1) is 8.09. The van der Waals surface area contributed by atoms with Crippen LogP contribution in [0, 0.1) is 6.92 Å². The van der Waals surface area contributed by atoms with Gasteiger partial charge in [-0.2, -0.15) is 11.8 Å². The van der Waals surface area contributed by atoms with Gasteiger partial charge in [-0.1, -0.05) is 0 Å². The molecule has 1 aliphatic heterocycles. The summed E-state index contributed by atoms with van der Waals surface area (Å²) >= 11 is 1.98. The van der Waals surface area contributed by atoms with Crippen LogP contribution in [-0.4, -0.2) is 35.2 Å². The summed E-state index contributed by atoms with van der Waals surface area (Å²) in [6, 6.07) is 5.90. The molecule has 0 aromatic heterocycles. The summed E-state index contributed by atoms with van der Waals surface area (Å²) in [7, 11) is 0. The lowest BCUT2D eigenvalue weighted by atomic mass is 10.1. The topological polar surface area (TPSA) is 40.5 Å². The maximum atomic E-state index is 10.9. The van der Waals surface area contributed by atoms with Gasteiger partial charge in [-0.3, -0.25) is 0 Å². The highest BCUT2D eigenvalue weighted by molar-refractivity contribution is 7.99. The van der Waals surface area contributed by atoms with Crippen LogP contribution in [0.2, 0.25) is 0 Å². The van der Waals surface area contributed by atoms with Crippen LogP contribution < -0.4 is 4.90 Å². The van der Waals surface area contributed by atoms with Crippen molar-refractivity contribution < 1.29 is 9.90 Å². The molecule has 4 heteroatoms. The fourth-order valence-electron chi connectivity index (χ4n) is 2.20. The summed E-state index contributed by atoms with van der Waals surface area (Å²) in [6.45, 7) is 5.24. The van der Waals surface area contributed by atoms with E-state index >= 15 is 0 Å². The Bertz CT molecular complexity index is 433. The Morgan fingerprint density at radius 3 is 2.88 bits per heavy atom. The van der Waals surface area contributed by atoms with E-state index in [2.05, 4.69) is 11.8 Å². The highest BCUT2D eigenvalue weighted by atomic mass is 32.2. The number of thioether (sulfide) groups is 1. The predicted octanol–water partition coefficient (Wildman–Crippen LogP) is 2.63. The predicted molar refractivity (Wildman–Crippen MR) is 72.3 cm³/mol. The fourth-order valence-corrected chi connectivity index (χ4v) is 3.21. The van der Waals surface area contributed by atoms with Crippen LogP contribution >= 0.6 is 11.8 Å². The molecule has 0 spiro atoms. The standard InChI is InChI=1S/C13H17NO2S/c1-9-7-11(13(15)16)3-4-12(9)14-5-6-17-8-10(14)2/h3-4,7,10H,5-6,8H2,1-2H3,(H,15,16). The van der Waals surface area contributed by atoms with Crippen LogP contribution in [0.15, 0.2) is 18.2 Å². The Labute approximate surface area is 106 Å². The van der Waals surface area contributed by atoms with Gasteiger partial charge in [0, 0.05) is 29.8 Å². The summed E-state index contributed by atoms with van der Waals surface area (Å²) in [4.78, 5) is 13.3. The van der Waals surface area contributed by atoms with Crippen LogP contribution in [0.1, 0.15) is 22.8 Å². The van der Waals surface area contributed by atoms with E-state index in [1.807, 2.05) is 24.8 Å². The SMILES string of the molecule is Cc1cc(C(=O)O)ccc1N1CCSCC1C. The van der Waals surface area contributed by atoms with Gasteiger partial charge >= 0.3 is 5.97 Å². The van der Waals surface area contributed by atoms with E-state index in [1.54, 1.807) is 12.1 Å². The highest BCUT2D eigenvalue weighted by Gasteiger charge is 2.20. The number of hydrogen-bond acceptors (Lipinski definition) is 3. The van der Waals surface area contributed by atoms with Gasteiger partial charge in [-0.15, -0.1) is 0 Å². The molecule has 1 aromatic rings. The van der Waals surface area contributed by atoms with E-state index in [0.29, 0.717) is 11.6 Å². The lowest BCUT2D eigenvalue weighted by molar-refractivity contribution is 0.0697. The van der Waals surface area contributed by atoms with E-state index in [0.717, 1.165) is 23.6 Å². The number of carbonyl (C=O) groups is 1. The van der Waals surface area contributed by atoms with E-state index < -0.39 is 5.97 Å². The first-order valence-corrected chi connectivity index (χ1v) is 6.93. The van der Waals surface area contributed by atoms with E-state index in [4.69, 9.17) is 5.11 Å². The first-order valence-electron chi connectivity index (χ1n) is 5.78. The second kappa shape index (κ2) is 5.00. The lowest BCUT2D eigenvalue weighted by Crippen LogP contribution is -2.40. The minimum Gasteiger partial charge on any atom is -0.478 e. The van der Waals surface area contributed by atoms with Crippen molar-refractivity contribution >= 4 is 23.4 Å². The van der Waals surface area contributed by atoms with Crippen molar-refractivity contribution in [3.8, 4) is 0 Å². The molecule has 0 amide bonds. The molecular formula is C13H17NO2S. The number of nitrogens with zero attached hydrogens (tertiary/aromatic N) is 1. The van der Waals surface area contributed by atoms with E-state index in [1.165, 1.54) is 5.69 Å². The van der Waals surface area contributed by atoms with E-state index in [-0.39, 0.29) is 0 Å². The Hall–Kier alpha value is -1.16. The first kappa shape index (κ1) is 12.3. The molecule has 2 rings (SSSR count). The van der Waals surface area contributed by atoms with Gasteiger partial charge in [0.05, 0.1) is 5.56 Å². The quantitative estimate of drug-likeness (QED) is 0.877. The molecule has 1 N–H and O–H groups in total. The molecule has 1 aliphatic rings. The largest absolute Gasteiger partial charge is 0.478 e. The maximum absolute atomic E-state index is 10.9. The zero-order valence-corrected chi connectivity index (χ0v) is 11.0. The molecule has 3 nitrogen and oxygen atoms in total. The van der Waals surface area contributed by atoms with Crippen molar-refractivity contribution in [2.45, 2.75) is 19.9 Å². The average Bonchev–Trinajstić information content (AvgIpc) is 2.30. The molecule has 0 bridgehead atoms.